The van der Waals surface area contributed by atoms with E-state index in [9.17, 15) is 18.0 Å². The van der Waals surface area contributed by atoms with Gasteiger partial charge in [0.05, 0.1) is 19.1 Å². The minimum Gasteiger partial charge on any atom is -0.495 e. The molecule has 8 nitrogen and oxygen atoms in total. The highest BCUT2D eigenvalue weighted by molar-refractivity contribution is 7.92. The molecular formula is C30H36ClN3O5S. The maximum absolute atomic E-state index is 14.1. The van der Waals surface area contributed by atoms with Crippen LogP contribution in [0.15, 0.2) is 78.9 Å². The normalized spacial score (nSPS) is 11.9. The molecule has 0 fully saturated rings. The highest BCUT2D eigenvalue weighted by Crippen LogP contribution is 2.30. The number of methoxy groups -OCH3 is 1. The molecule has 0 aliphatic heterocycles. The lowest BCUT2D eigenvalue weighted by Crippen LogP contribution is -2.53. The number of benzene rings is 3. The van der Waals surface area contributed by atoms with Crippen LogP contribution in [-0.2, 0) is 32.6 Å². The molecule has 0 spiro atoms. The summed E-state index contributed by atoms with van der Waals surface area (Å²) < 4.78 is 32.3. The Hall–Kier alpha value is -3.56. The summed E-state index contributed by atoms with van der Waals surface area (Å²) in [5.41, 5.74) is 1.86. The van der Waals surface area contributed by atoms with Gasteiger partial charge in [0.2, 0.25) is 21.8 Å². The fourth-order valence-corrected chi connectivity index (χ4v) is 5.26. The Morgan fingerprint density at radius 1 is 0.950 bits per heavy atom. The minimum absolute atomic E-state index is 0.0816. The number of anilines is 1. The molecule has 0 unspecified atom stereocenters. The van der Waals surface area contributed by atoms with Crippen LogP contribution in [0.4, 0.5) is 5.69 Å². The second-order valence-corrected chi connectivity index (χ2v) is 11.8. The number of amides is 2. The lowest BCUT2D eigenvalue weighted by Gasteiger charge is -2.33. The van der Waals surface area contributed by atoms with E-state index in [1.807, 2.05) is 37.3 Å². The molecule has 0 aliphatic carbocycles. The molecule has 0 aromatic heterocycles. The van der Waals surface area contributed by atoms with Crippen molar-refractivity contribution in [2.24, 2.45) is 0 Å². The Morgan fingerprint density at radius 3 is 2.23 bits per heavy atom. The van der Waals surface area contributed by atoms with Crippen molar-refractivity contribution in [3.8, 4) is 5.75 Å². The van der Waals surface area contributed by atoms with Crippen molar-refractivity contribution in [2.75, 3.05) is 30.8 Å². The fourth-order valence-electron chi connectivity index (χ4n) is 4.28. The minimum atomic E-state index is -3.89. The van der Waals surface area contributed by atoms with E-state index in [-0.39, 0.29) is 24.6 Å². The number of sulfonamides is 1. The fraction of sp³-hybridized carbons (Fsp3) is 0.333. The number of para-hydroxylation sites is 2. The molecule has 10 heteroatoms. The number of hydrogen-bond donors (Lipinski definition) is 1. The zero-order chi connectivity index (χ0) is 29.1. The quantitative estimate of drug-likeness (QED) is 0.277. The second-order valence-electron chi connectivity index (χ2n) is 9.44. The maximum atomic E-state index is 14.1. The van der Waals surface area contributed by atoms with Crippen LogP contribution >= 0.6 is 11.6 Å². The van der Waals surface area contributed by atoms with Gasteiger partial charge in [-0.25, -0.2) is 8.42 Å². The van der Waals surface area contributed by atoms with Crippen molar-refractivity contribution in [1.82, 2.24) is 10.2 Å². The van der Waals surface area contributed by atoms with Gasteiger partial charge in [0.25, 0.3) is 0 Å². The van der Waals surface area contributed by atoms with E-state index < -0.39 is 28.5 Å². The third kappa shape index (κ3) is 8.72. The SMILES string of the molecule is CCCCNC(=O)[C@@H](Cc1ccccc1)N(Cc1ccc(Cl)cc1)C(=O)CN(c1ccccc1OC)S(C)(=O)=O. The first-order valence-corrected chi connectivity index (χ1v) is 15.3. The van der Waals surface area contributed by atoms with Crippen molar-refractivity contribution in [3.05, 3.63) is 95.0 Å². The van der Waals surface area contributed by atoms with Gasteiger partial charge in [-0.2, -0.15) is 0 Å². The van der Waals surface area contributed by atoms with Gasteiger partial charge in [-0.3, -0.25) is 13.9 Å². The molecule has 40 heavy (non-hydrogen) atoms. The first-order valence-electron chi connectivity index (χ1n) is 13.1. The standard InChI is InChI=1S/C30H36ClN3O5S/c1-4-5-19-32-30(36)27(20-23-11-7-6-8-12-23)33(21-24-15-17-25(31)18-16-24)29(35)22-34(40(3,37)38)26-13-9-10-14-28(26)39-2/h6-18,27H,4-5,19-22H2,1-3H3,(H,32,36)/t27-/m1/s1. The molecule has 3 rings (SSSR count). The van der Waals surface area contributed by atoms with E-state index in [0.717, 1.165) is 34.5 Å². The monoisotopic (exact) mass is 585 g/mol. The Kier molecular flexibility index (Phi) is 11.4. The topological polar surface area (TPSA) is 96.0 Å². The molecule has 2 amide bonds. The third-order valence-corrected chi connectivity index (χ3v) is 7.78. The summed E-state index contributed by atoms with van der Waals surface area (Å²) in [6.45, 7) is 2.07. The van der Waals surface area contributed by atoms with E-state index in [1.54, 1.807) is 48.5 Å². The molecule has 3 aromatic carbocycles. The molecule has 0 saturated carbocycles. The zero-order valence-corrected chi connectivity index (χ0v) is 24.6. The van der Waals surface area contributed by atoms with Crippen molar-refractivity contribution < 1.29 is 22.7 Å². The first kappa shape index (κ1) is 31.0. The van der Waals surface area contributed by atoms with Crippen LogP contribution in [0, 0.1) is 0 Å². The maximum Gasteiger partial charge on any atom is 0.244 e. The summed E-state index contributed by atoms with van der Waals surface area (Å²) in [7, 11) is -2.46. The lowest BCUT2D eigenvalue weighted by molar-refractivity contribution is -0.140. The number of halogens is 1. The van der Waals surface area contributed by atoms with Crippen LogP contribution in [0.25, 0.3) is 0 Å². The van der Waals surface area contributed by atoms with Crippen molar-refractivity contribution >= 4 is 39.1 Å². The predicted molar refractivity (Wildman–Crippen MR) is 159 cm³/mol. The Labute approximate surface area is 241 Å². The van der Waals surface area contributed by atoms with Crippen LogP contribution in [0.2, 0.25) is 5.02 Å². The van der Waals surface area contributed by atoms with Crippen LogP contribution in [-0.4, -0.2) is 57.6 Å². The molecule has 3 aromatic rings. The second kappa shape index (κ2) is 14.7. The number of rotatable bonds is 14. The van der Waals surface area contributed by atoms with Gasteiger partial charge >= 0.3 is 0 Å². The number of nitrogens with one attached hydrogen (secondary N) is 1. The molecule has 0 aliphatic rings. The van der Waals surface area contributed by atoms with Crippen LogP contribution < -0.4 is 14.4 Å². The lowest BCUT2D eigenvalue weighted by atomic mass is 10.0. The molecule has 214 valence electrons. The molecule has 0 heterocycles. The molecular weight excluding hydrogens is 550 g/mol. The summed E-state index contributed by atoms with van der Waals surface area (Å²) in [5.74, 6) is -0.524. The van der Waals surface area contributed by atoms with E-state index in [2.05, 4.69) is 5.32 Å². The molecule has 0 radical (unpaired) electrons. The number of carbonyl (C=O) groups is 2. The number of unbranched alkanes of at least 4 members (excludes halogenated alkanes) is 1. The summed E-state index contributed by atoms with van der Waals surface area (Å²) in [6, 6.07) is 22.1. The summed E-state index contributed by atoms with van der Waals surface area (Å²) in [4.78, 5) is 29.1. The van der Waals surface area contributed by atoms with Crippen LogP contribution in [0.1, 0.15) is 30.9 Å². The third-order valence-electron chi connectivity index (χ3n) is 6.40. The van der Waals surface area contributed by atoms with Gasteiger partial charge in [0.15, 0.2) is 0 Å². The Bertz CT molecular complexity index is 1370. The largest absolute Gasteiger partial charge is 0.495 e. The number of carbonyl (C=O) groups excluding carboxylic acids is 2. The average molecular weight is 586 g/mol. The van der Waals surface area contributed by atoms with Gasteiger partial charge in [-0.05, 0) is 41.8 Å². The first-order chi connectivity index (χ1) is 19.1. The van der Waals surface area contributed by atoms with Crippen molar-refractivity contribution in [2.45, 2.75) is 38.8 Å². The molecule has 0 bridgehead atoms. The average Bonchev–Trinajstić information content (AvgIpc) is 2.94. The summed E-state index contributed by atoms with van der Waals surface area (Å²) >= 11 is 6.09. The van der Waals surface area contributed by atoms with Crippen molar-refractivity contribution in [1.29, 1.82) is 0 Å². The molecule has 1 atom stereocenters. The van der Waals surface area contributed by atoms with E-state index >= 15 is 0 Å². The van der Waals surface area contributed by atoms with Crippen molar-refractivity contribution in [3.63, 3.8) is 0 Å². The summed E-state index contributed by atoms with van der Waals surface area (Å²) in [6.07, 6.45) is 2.99. The van der Waals surface area contributed by atoms with Gasteiger partial charge in [-0.15, -0.1) is 0 Å². The Balaban J connectivity index is 2.05. The van der Waals surface area contributed by atoms with Gasteiger partial charge in [-0.1, -0.05) is 79.5 Å². The Morgan fingerprint density at radius 2 is 1.60 bits per heavy atom. The number of hydrogen-bond acceptors (Lipinski definition) is 5. The van der Waals surface area contributed by atoms with E-state index in [0.29, 0.717) is 17.3 Å². The van der Waals surface area contributed by atoms with Gasteiger partial charge in [0.1, 0.15) is 18.3 Å². The highest BCUT2D eigenvalue weighted by atomic mass is 35.5. The van der Waals surface area contributed by atoms with Crippen LogP contribution in [0.3, 0.4) is 0 Å². The molecule has 1 N–H and O–H groups in total. The predicted octanol–water partition coefficient (Wildman–Crippen LogP) is 4.67. The van der Waals surface area contributed by atoms with Gasteiger partial charge < -0.3 is 15.0 Å². The van der Waals surface area contributed by atoms with E-state index in [1.165, 1.54) is 12.0 Å². The van der Waals surface area contributed by atoms with E-state index in [4.69, 9.17) is 16.3 Å². The highest BCUT2D eigenvalue weighted by Gasteiger charge is 2.33. The molecule has 0 saturated heterocycles. The van der Waals surface area contributed by atoms with Gasteiger partial charge in [0, 0.05) is 24.5 Å². The summed E-state index contributed by atoms with van der Waals surface area (Å²) in [5, 5.41) is 3.50. The number of nitrogens with zero attached hydrogens (tertiary/aromatic N) is 2. The zero-order valence-electron chi connectivity index (χ0n) is 23.0. The van der Waals surface area contributed by atoms with Crippen LogP contribution in [0.5, 0.6) is 5.75 Å². The number of ether oxygens (including phenoxy) is 1. The smallest absolute Gasteiger partial charge is 0.244 e.